The van der Waals surface area contributed by atoms with Crippen molar-refractivity contribution in [1.82, 2.24) is 19.8 Å². The lowest BCUT2D eigenvalue weighted by atomic mass is 9.93. The fourth-order valence-corrected chi connectivity index (χ4v) is 3.41. The van der Waals surface area contributed by atoms with E-state index in [1.807, 2.05) is 12.4 Å². The first-order valence-electron chi connectivity index (χ1n) is 8.59. The first kappa shape index (κ1) is 16.5. The molecule has 1 N–H and O–H groups in total. The Balaban J connectivity index is 1.97. The monoisotopic (exact) mass is 292 g/mol. The van der Waals surface area contributed by atoms with Crippen molar-refractivity contribution in [3.8, 4) is 0 Å². The minimum absolute atomic E-state index is 0.664. The van der Waals surface area contributed by atoms with Gasteiger partial charge in [-0.3, -0.25) is 4.90 Å². The molecule has 1 aliphatic heterocycles. The Kier molecular flexibility index (Phi) is 6.24. The summed E-state index contributed by atoms with van der Waals surface area (Å²) in [6.45, 7) is 10.4. The number of piperazine rings is 1. The molecule has 0 saturated carbocycles. The Morgan fingerprint density at radius 2 is 2.24 bits per heavy atom. The standard InChI is InChI=1S/C17H32N4/c1-5-7-15-13-21(16(12-19-15)14(3)6-2)10-8-17-18-9-11-20(17)4/h9,11,14-16,19H,5-8,10,12-13H2,1-4H3. The SMILES string of the molecule is CCCC1CN(CCc2nccn2C)C(C(C)CC)CN1. The summed E-state index contributed by atoms with van der Waals surface area (Å²) in [7, 11) is 2.09. The van der Waals surface area contributed by atoms with Crippen LogP contribution in [0.15, 0.2) is 12.4 Å². The largest absolute Gasteiger partial charge is 0.338 e. The normalized spacial score (nSPS) is 25.1. The second kappa shape index (κ2) is 7.95. The third kappa shape index (κ3) is 4.30. The van der Waals surface area contributed by atoms with E-state index in [0.29, 0.717) is 12.1 Å². The van der Waals surface area contributed by atoms with Gasteiger partial charge in [0.1, 0.15) is 5.82 Å². The highest BCUT2D eigenvalue weighted by Crippen LogP contribution is 2.20. The average molecular weight is 292 g/mol. The summed E-state index contributed by atoms with van der Waals surface area (Å²) in [6.07, 6.45) is 8.79. The molecule has 0 amide bonds. The van der Waals surface area contributed by atoms with Crippen LogP contribution in [0.5, 0.6) is 0 Å². The van der Waals surface area contributed by atoms with Gasteiger partial charge in [0.05, 0.1) is 0 Å². The van der Waals surface area contributed by atoms with Crippen molar-refractivity contribution in [2.45, 2.75) is 58.5 Å². The van der Waals surface area contributed by atoms with E-state index in [9.17, 15) is 0 Å². The van der Waals surface area contributed by atoms with Gasteiger partial charge in [0, 0.05) is 57.6 Å². The summed E-state index contributed by atoms with van der Waals surface area (Å²) in [4.78, 5) is 7.17. The predicted octanol–water partition coefficient (Wildman–Crippen LogP) is 2.45. The van der Waals surface area contributed by atoms with Gasteiger partial charge in [-0.2, -0.15) is 0 Å². The van der Waals surface area contributed by atoms with Crippen molar-refractivity contribution >= 4 is 0 Å². The van der Waals surface area contributed by atoms with Crippen molar-refractivity contribution < 1.29 is 0 Å². The zero-order chi connectivity index (χ0) is 15.2. The molecule has 1 aromatic heterocycles. The summed E-state index contributed by atoms with van der Waals surface area (Å²) < 4.78 is 2.14. The Labute approximate surface area is 129 Å². The van der Waals surface area contributed by atoms with Crippen LogP contribution >= 0.6 is 0 Å². The van der Waals surface area contributed by atoms with Crippen LogP contribution in [-0.4, -0.2) is 46.2 Å². The van der Waals surface area contributed by atoms with E-state index in [1.54, 1.807) is 0 Å². The summed E-state index contributed by atoms with van der Waals surface area (Å²) >= 11 is 0. The first-order valence-corrected chi connectivity index (χ1v) is 8.59. The number of aryl methyl sites for hydroxylation is 1. The highest BCUT2D eigenvalue weighted by atomic mass is 15.2. The predicted molar refractivity (Wildman–Crippen MR) is 88.4 cm³/mol. The number of rotatable bonds is 7. The topological polar surface area (TPSA) is 33.1 Å². The molecule has 2 heterocycles. The summed E-state index contributed by atoms with van der Waals surface area (Å²) in [5.74, 6) is 1.95. The van der Waals surface area contributed by atoms with E-state index in [4.69, 9.17) is 0 Å². The molecule has 0 aromatic carbocycles. The average Bonchev–Trinajstić information content (AvgIpc) is 2.90. The van der Waals surface area contributed by atoms with Crippen molar-refractivity contribution in [3.63, 3.8) is 0 Å². The van der Waals surface area contributed by atoms with E-state index < -0.39 is 0 Å². The van der Waals surface area contributed by atoms with Crippen LogP contribution in [0.1, 0.15) is 45.9 Å². The van der Waals surface area contributed by atoms with Crippen LogP contribution < -0.4 is 5.32 Å². The molecule has 1 saturated heterocycles. The molecule has 1 aliphatic rings. The molecule has 4 heteroatoms. The quantitative estimate of drug-likeness (QED) is 0.838. The van der Waals surface area contributed by atoms with Gasteiger partial charge in [-0.1, -0.05) is 33.6 Å². The smallest absolute Gasteiger partial charge is 0.109 e. The van der Waals surface area contributed by atoms with Crippen molar-refractivity contribution in [1.29, 1.82) is 0 Å². The highest BCUT2D eigenvalue weighted by Gasteiger charge is 2.30. The third-order valence-electron chi connectivity index (χ3n) is 5.02. The number of nitrogens with one attached hydrogen (secondary N) is 1. The number of hydrogen-bond acceptors (Lipinski definition) is 3. The molecule has 0 radical (unpaired) electrons. The highest BCUT2D eigenvalue weighted by molar-refractivity contribution is 4.94. The van der Waals surface area contributed by atoms with E-state index in [0.717, 1.165) is 25.4 Å². The molecule has 0 spiro atoms. The molecule has 0 aliphatic carbocycles. The summed E-state index contributed by atoms with van der Waals surface area (Å²) in [5.41, 5.74) is 0. The fraction of sp³-hybridized carbons (Fsp3) is 0.824. The fourth-order valence-electron chi connectivity index (χ4n) is 3.41. The van der Waals surface area contributed by atoms with Crippen molar-refractivity contribution in [3.05, 3.63) is 18.2 Å². The molecule has 0 bridgehead atoms. The van der Waals surface area contributed by atoms with E-state index in [2.05, 4.69) is 47.6 Å². The molecule has 1 fully saturated rings. The summed E-state index contributed by atoms with van der Waals surface area (Å²) in [6, 6.07) is 1.33. The van der Waals surface area contributed by atoms with Gasteiger partial charge in [0.2, 0.25) is 0 Å². The Hall–Kier alpha value is -0.870. The minimum Gasteiger partial charge on any atom is -0.338 e. The number of imidazole rings is 1. The van der Waals surface area contributed by atoms with Crippen LogP contribution in [0, 0.1) is 5.92 Å². The maximum Gasteiger partial charge on any atom is 0.109 e. The van der Waals surface area contributed by atoms with E-state index >= 15 is 0 Å². The number of aromatic nitrogens is 2. The molecule has 4 nitrogen and oxygen atoms in total. The second-order valence-electron chi connectivity index (χ2n) is 6.55. The van der Waals surface area contributed by atoms with Crippen LogP contribution in [0.4, 0.5) is 0 Å². The van der Waals surface area contributed by atoms with Gasteiger partial charge in [-0.05, 0) is 12.3 Å². The van der Waals surface area contributed by atoms with Crippen LogP contribution in [-0.2, 0) is 13.5 Å². The van der Waals surface area contributed by atoms with Gasteiger partial charge < -0.3 is 9.88 Å². The van der Waals surface area contributed by atoms with Gasteiger partial charge in [0.15, 0.2) is 0 Å². The van der Waals surface area contributed by atoms with Gasteiger partial charge >= 0.3 is 0 Å². The maximum absolute atomic E-state index is 4.47. The molecule has 120 valence electrons. The lowest BCUT2D eigenvalue weighted by Crippen LogP contribution is -2.58. The third-order valence-corrected chi connectivity index (χ3v) is 5.02. The lowest BCUT2D eigenvalue weighted by Gasteiger charge is -2.43. The van der Waals surface area contributed by atoms with Gasteiger partial charge in [-0.25, -0.2) is 4.98 Å². The van der Waals surface area contributed by atoms with Gasteiger partial charge in [0.25, 0.3) is 0 Å². The first-order chi connectivity index (χ1) is 10.2. The molecular weight excluding hydrogens is 260 g/mol. The molecule has 2 rings (SSSR count). The second-order valence-corrected chi connectivity index (χ2v) is 6.55. The van der Waals surface area contributed by atoms with Crippen LogP contribution in [0.25, 0.3) is 0 Å². The lowest BCUT2D eigenvalue weighted by molar-refractivity contribution is 0.0893. The molecular formula is C17H32N4. The van der Waals surface area contributed by atoms with Crippen molar-refractivity contribution in [2.75, 3.05) is 19.6 Å². The molecule has 3 unspecified atom stereocenters. The van der Waals surface area contributed by atoms with Crippen LogP contribution in [0.2, 0.25) is 0 Å². The van der Waals surface area contributed by atoms with E-state index in [1.165, 1.54) is 31.6 Å². The molecule has 1 aromatic rings. The zero-order valence-corrected chi connectivity index (χ0v) is 14.2. The molecule has 3 atom stereocenters. The Morgan fingerprint density at radius 3 is 2.86 bits per heavy atom. The number of hydrogen-bond donors (Lipinski definition) is 1. The number of nitrogens with zero attached hydrogens (tertiary/aromatic N) is 3. The zero-order valence-electron chi connectivity index (χ0n) is 14.2. The van der Waals surface area contributed by atoms with E-state index in [-0.39, 0.29) is 0 Å². The van der Waals surface area contributed by atoms with Crippen molar-refractivity contribution in [2.24, 2.45) is 13.0 Å². The van der Waals surface area contributed by atoms with Gasteiger partial charge in [-0.15, -0.1) is 0 Å². The Morgan fingerprint density at radius 1 is 1.43 bits per heavy atom. The van der Waals surface area contributed by atoms with Crippen LogP contribution in [0.3, 0.4) is 0 Å². The summed E-state index contributed by atoms with van der Waals surface area (Å²) in [5, 5.41) is 3.76. The maximum atomic E-state index is 4.47. The molecule has 21 heavy (non-hydrogen) atoms. The Bertz CT molecular complexity index is 415. The minimum atomic E-state index is 0.664.